The van der Waals surface area contributed by atoms with E-state index in [0.29, 0.717) is 18.2 Å². The van der Waals surface area contributed by atoms with Gasteiger partial charge in [0, 0.05) is 15.6 Å². The molecule has 0 aromatic heterocycles. The van der Waals surface area contributed by atoms with E-state index < -0.39 is 0 Å². The normalized spacial score (nSPS) is 11.0. The van der Waals surface area contributed by atoms with Crippen molar-refractivity contribution in [3.05, 3.63) is 94.5 Å². The second kappa shape index (κ2) is 10.7. The van der Waals surface area contributed by atoms with Crippen LogP contribution < -0.4 is 10.2 Å². The molecule has 0 spiro atoms. The van der Waals surface area contributed by atoms with Gasteiger partial charge in [-0.25, -0.2) is 0 Å². The minimum Gasteiger partial charge on any atom is -0.487 e. The van der Waals surface area contributed by atoms with Crippen molar-refractivity contribution in [1.82, 2.24) is 5.43 Å². The molecule has 0 aliphatic carbocycles. The molecular formula is C21H16Cl2I2N2O. The van der Waals surface area contributed by atoms with Crippen LogP contribution in [0.2, 0.25) is 10.0 Å². The van der Waals surface area contributed by atoms with Crippen molar-refractivity contribution in [2.45, 2.75) is 13.2 Å². The molecule has 1 N–H and O–H groups in total. The summed E-state index contributed by atoms with van der Waals surface area (Å²) >= 11 is 16.7. The Hall–Kier alpha value is -1.03. The van der Waals surface area contributed by atoms with Crippen LogP contribution in [0.1, 0.15) is 16.7 Å². The minimum atomic E-state index is 0.432. The number of ether oxygens (including phenoxy) is 1. The summed E-state index contributed by atoms with van der Waals surface area (Å²) < 4.78 is 8.06. The van der Waals surface area contributed by atoms with Crippen molar-refractivity contribution in [1.29, 1.82) is 0 Å². The van der Waals surface area contributed by atoms with Gasteiger partial charge in [-0.05, 0) is 86.6 Å². The summed E-state index contributed by atoms with van der Waals surface area (Å²) in [7, 11) is 0. The third kappa shape index (κ3) is 6.23. The fourth-order valence-electron chi connectivity index (χ4n) is 2.42. The average molecular weight is 637 g/mol. The zero-order valence-electron chi connectivity index (χ0n) is 14.6. The molecule has 0 atom stereocenters. The van der Waals surface area contributed by atoms with Gasteiger partial charge in [-0.15, -0.1) is 0 Å². The lowest BCUT2D eigenvalue weighted by Crippen LogP contribution is -2.05. The maximum Gasteiger partial charge on any atom is 0.146 e. The molecule has 0 bridgehead atoms. The first kappa shape index (κ1) is 21.7. The second-order valence-electron chi connectivity index (χ2n) is 5.91. The summed E-state index contributed by atoms with van der Waals surface area (Å²) in [5.41, 5.74) is 6.14. The molecule has 3 aromatic carbocycles. The minimum absolute atomic E-state index is 0.432. The summed E-state index contributed by atoms with van der Waals surface area (Å²) in [4.78, 5) is 0. The van der Waals surface area contributed by atoms with Gasteiger partial charge in [0.05, 0.1) is 19.9 Å². The summed E-state index contributed by atoms with van der Waals surface area (Å²) in [6.45, 7) is 1.07. The van der Waals surface area contributed by atoms with Gasteiger partial charge in [-0.3, -0.25) is 0 Å². The van der Waals surface area contributed by atoms with E-state index in [1.54, 1.807) is 6.21 Å². The van der Waals surface area contributed by atoms with Crippen LogP contribution in [0.15, 0.2) is 65.8 Å². The van der Waals surface area contributed by atoms with Crippen LogP contribution in [0.3, 0.4) is 0 Å². The van der Waals surface area contributed by atoms with E-state index >= 15 is 0 Å². The molecule has 3 rings (SSSR count). The maximum absolute atomic E-state index is 6.20. The van der Waals surface area contributed by atoms with Crippen LogP contribution in [-0.2, 0) is 13.2 Å². The van der Waals surface area contributed by atoms with E-state index in [1.807, 2.05) is 60.7 Å². The van der Waals surface area contributed by atoms with Gasteiger partial charge in [0.15, 0.2) is 0 Å². The van der Waals surface area contributed by atoms with Gasteiger partial charge in [-0.1, -0.05) is 53.5 Å². The highest BCUT2D eigenvalue weighted by atomic mass is 127. The Balaban J connectivity index is 1.61. The lowest BCUT2D eigenvalue weighted by molar-refractivity contribution is 0.302. The Kier molecular flexibility index (Phi) is 8.25. The quantitative estimate of drug-likeness (QED) is 0.174. The zero-order valence-corrected chi connectivity index (χ0v) is 20.5. The fraction of sp³-hybridized carbons (Fsp3) is 0.0952. The molecular weight excluding hydrogens is 621 g/mol. The van der Waals surface area contributed by atoms with Crippen LogP contribution >= 0.6 is 68.4 Å². The number of hydrogen-bond acceptors (Lipinski definition) is 3. The average Bonchev–Trinajstić information content (AvgIpc) is 2.67. The molecule has 0 radical (unpaired) electrons. The van der Waals surface area contributed by atoms with Crippen LogP contribution in [0.5, 0.6) is 5.75 Å². The van der Waals surface area contributed by atoms with E-state index in [1.165, 1.54) is 0 Å². The second-order valence-corrected chi connectivity index (χ2v) is 9.08. The van der Waals surface area contributed by atoms with E-state index in [9.17, 15) is 0 Å². The summed E-state index contributed by atoms with van der Waals surface area (Å²) in [5, 5.41) is 5.74. The highest BCUT2D eigenvalue weighted by molar-refractivity contribution is 14.1. The smallest absolute Gasteiger partial charge is 0.146 e. The van der Waals surface area contributed by atoms with E-state index in [4.69, 9.17) is 27.9 Å². The molecule has 0 saturated carbocycles. The first-order chi connectivity index (χ1) is 13.5. The van der Waals surface area contributed by atoms with E-state index in [2.05, 4.69) is 55.7 Å². The molecule has 0 saturated heterocycles. The zero-order chi connectivity index (χ0) is 19.9. The van der Waals surface area contributed by atoms with Crippen molar-refractivity contribution in [2.75, 3.05) is 0 Å². The Morgan fingerprint density at radius 3 is 2.32 bits per heavy atom. The van der Waals surface area contributed by atoms with Crippen LogP contribution in [0, 0.1) is 7.14 Å². The highest BCUT2D eigenvalue weighted by Crippen LogP contribution is 2.30. The van der Waals surface area contributed by atoms with Gasteiger partial charge in [0.25, 0.3) is 0 Å². The lowest BCUT2D eigenvalue weighted by atomic mass is 10.2. The number of halogens is 4. The third-order valence-corrected chi connectivity index (χ3v) is 6.08. The van der Waals surface area contributed by atoms with E-state index in [0.717, 1.165) is 34.6 Å². The van der Waals surface area contributed by atoms with Crippen molar-refractivity contribution in [3.63, 3.8) is 0 Å². The number of hydrazone groups is 1. The molecule has 0 fully saturated rings. The molecule has 0 heterocycles. The molecule has 28 heavy (non-hydrogen) atoms. The van der Waals surface area contributed by atoms with Gasteiger partial charge in [0.2, 0.25) is 0 Å². The first-order valence-corrected chi connectivity index (χ1v) is 11.3. The van der Waals surface area contributed by atoms with Crippen LogP contribution in [0.4, 0.5) is 0 Å². The van der Waals surface area contributed by atoms with E-state index in [-0.39, 0.29) is 0 Å². The summed E-state index contributed by atoms with van der Waals surface area (Å²) in [6, 6.07) is 19.5. The number of hydrogen-bond donors (Lipinski definition) is 1. The topological polar surface area (TPSA) is 33.6 Å². The number of nitrogens with zero attached hydrogens (tertiary/aromatic N) is 1. The molecule has 3 nitrogen and oxygen atoms in total. The summed E-state index contributed by atoms with van der Waals surface area (Å²) in [5.74, 6) is 0.854. The number of nitrogens with one attached hydrogen (secondary N) is 1. The Bertz CT molecular complexity index is 955. The first-order valence-electron chi connectivity index (χ1n) is 8.38. The van der Waals surface area contributed by atoms with Crippen LogP contribution in [-0.4, -0.2) is 6.21 Å². The van der Waals surface area contributed by atoms with Gasteiger partial charge < -0.3 is 10.2 Å². The Labute approximate surface area is 201 Å². The largest absolute Gasteiger partial charge is 0.487 e. The molecule has 0 unspecified atom stereocenters. The molecule has 0 amide bonds. The Morgan fingerprint density at radius 1 is 0.964 bits per heavy atom. The lowest BCUT2D eigenvalue weighted by Gasteiger charge is -2.12. The summed E-state index contributed by atoms with van der Waals surface area (Å²) in [6.07, 6.45) is 1.80. The maximum atomic E-state index is 6.20. The van der Waals surface area contributed by atoms with Crippen LogP contribution in [0.25, 0.3) is 0 Å². The highest BCUT2D eigenvalue weighted by Gasteiger charge is 2.09. The van der Waals surface area contributed by atoms with Crippen molar-refractivity contribution < 1.29 is 4.74 Å². The Morgan fingerprint density at radius 2 is 1.64 bits per heavy atom. The SMILES string of the molecule is Clc1ccc(CN/N=C\c2cc(I)c(OCc3ccccc3Cl)c(I)c2)cc1. The predicted molar refractivity (Wildman–Crippen MR) is 134 cm³/mol. The predicted octanol–water partition coefficient (Wildman–Crippen LogP) is 6.91. The van der Waals surface area contributed by atoms with Crippen molar-refractivity contribution >= 4 is 74.6 Å². The molecule has 0 aliphatic heterocycles. The molecule has 7 heteroatoms. The molecule has 0 aliphatic rings. The fourth-order valence-corrected chi connectivity index (χ4v) is 4.86. The molecule has 144 valence electrons. The monoisotopic (exact) mass is 636 g/mol. The van der Waals surface area contributed by atoms with Gasteiger partial charge in [0.1, 0.15) is 12.4 Å². The standard InChI is InChI=1S/C21H16Cl2I2N2O/c22-17-7-5-14(6-8-17)11-26-27-12-15-9-19(24)21(20(25)10-15)28-13-16-3-1-2-4-18(16)23/h1-10,12,26H,11,13H2/b27-12-. The van der Waals surface area contributed by atoms with Crippen molar-refractivity contribution in [3.8, 4) is 5.75 Å². The van der Waals surface area contributed by atoms with Gasteiger partial charge in [-0.2, -0.15) is 5.10 Å². The van der Waals surface area contributed by atoms with Crippen molar-refractivity contribution in [2.24, 2.45) is 5.10 Å². The number of rotatable bonds is 7. The molecule has 3 aromatic rings. The van der Waals surface area contributed by atoms with Gasteiger partial charge >= 0.3 is 0 Å². The third-order valence-electron chi connectivity index (χ3n) is 3.85. The number of benzene rings is 3.